The van der Waals surface area contributed by atoms with Crippen molar-refractivity contribution in [2.24, 2.45) is 4.99 Å². The molecule has 0 amide bonds. The van der Waals surface area contributed by atoms with Crippen molar-refractivity contribution >= 4 is 23.6 Å². The van der Waals surface area contributed by atoms with Gasteiger partial charge in [-0.1, -0.05) is 51.9 Å². The number of aliphatic imine (C=N–C) groups is 1. The third kappa shape index (κ3) is 8.93. The average Bonchev–Trinajstić information content (AvgIpc) is 3.03. The zero-order chi connectivity index (χ0) is 20.8. The van der Waals surface area contributed by atoms with Gasteiger partial charge in [0, 0.05) is 6.42 Å². The summed E-state index contributed by atoms with van der Waals surface area (Å²) in [6, 6.07) is 0. The molecule has 28 heavy (non-hydrogen) atoms. The number of hydrogen-bond donors (Lipinski definition) is 1. The van der Waals surface area contributed by atoms with Crippen molar-refractivity contribution in [2.45, 2.75) is 64.7 Å². The average molecular weight is 399 g/mol. The van der Waals surface area contributed by atoms with E-state index in [2.05, 4.69) is 11.9 Å². The maximum Gasteiger partial charge on any atom is 0.329 e. The molecule has 1 N–H and O–H groups in total. The van der Waals surface area contributed by atoms with E-state index in [1.54, 1.807) is 0 Å². The molecule has 1 unspecified atom stereocenters. The molecule has 8 heteroatoms. The Kier molecular flexibility index (Phi) is 11.6. The molecule has 0 aromatic rings. The molecule has 1 rings (SSSR count). The first-order valence-corrected chi connectivity index (χ1v) is 10.3. The third-order valence-corrected chi connectivity index (χ3v) is 5.07. The molecule has 0 saturated heterocycles. The first kappa shape index (κ1) is 24.2. The Bertz CT molecular complexity index is 549. The smallest absolute Gasteiger partial charge is 0.329 e. The normalized spacial score (nSPS) is 18.8. The monoisotopic (exact) mass is 398 g/mol. The Morgan fingerprint density at radius 3 is 2.36 bits per heavy atom. The summed E-state index contributed by atoms with van der Waals surface area (Å²) in [5.74, 6) is -2.20. The van der Waals surface area contributed by atoms with Crippen LogP contribution in [0.3, 0.4) is 0 Å². The zero-order valence-corrected chi connectivity index (χ0v) is 17.0. The molecular formula is C20H34N2O6. The van der Waals surface area contributed by atoms with Gasteiger partial charge in [0.1, 0.15) is 26.2 Å². The van der Waals surface area contributed by atoms with Gasteiger partial charge in [0.05, 0.1) is 19.1 Å². The molecule has 0 aromatic heterocycles. The number of aliphatic carboxylic acids is 2. The van der Waals surface area contributed by atoms with Crippen LogP contribution in [0.15, 0.2) is 4.99 Å². The van der Waals surface area contributed by atoms with Gasteiger partial charge in [0.25, 0.3) is 5.84 Å². The lowest BCUT2D eigenvalue weighted by molar-refractivity contribution is -0.828. The van der Waals surface area contributed by atoms with Crippen molar-refractivity contribution < 1.29 is 33.8 Å². The standard InChI is InChI=1S/C20H34N2O6/c1-2-3-4-5-6-7-8-9-10-17(23)20-21-11-12-22(20,15-18(24)25)13-14-28-16-19(26)27/h2-16H2,1H3,(H-,24,25,26,27). The lowest BCUT2D eigenvalue weighted by Crippen LogP contribution is -2.59. The van der Waals surface area contributed by atoms with E-state index < -0.39 is 18.5 Å². The summed E-state index contributed by atoms with van der Waals surface area (Å²) in [4.78, 5) is 38.8. The Labute approximate surface area is 167 Å². The number of ketones is 1. The van der Waals surface area contributed by atoms with E-state index in [0.29, 0.717) is 19.5 Å². The van der Waals surface area contributed by atoms with Crippen molar-refractivity contribution in [3.05, 3.63) is 0 Å². The van der Waals surface area contributed by atoms with Gasteiger partial charge in [-0.2, -0.15) is 0 Å². The molecule has 1 aliphatic heterocycles. The number of carboxylic acids is 2. The van der Waals surface area contributed by atoms with E-state index >= 15 is 0 Å². The number of rotatable bonds is 17. The molecule has 0 bridgehead atoms. The second-order valence-electron chi connectivity index (χ2n) is 7.42. The maximum absolute atomic E-state index is 12.7. The molecule has 1 heterocycles. The van der Waals surface area contributed by atoms with E-state index in [1.807, 2.05) is 0 Å². The highest BCUT2D eigenvalue weighted by Gasteiger charge is 2.42. The summed E-state index contributed by atoms with van der Waals surface area (Å²) < 4.78 is 4.94. The number of hydrogen-bond acceptors (Lipinski definition) is 6. The number of carbonyl (C=O) groups is 3. The number of unbranched alkanes of at least 4 members (excludes halogenated alkanes) is 7. The largest absolute Gasteiger partial charge is 0.544 e. The predicted molar refractivity (Wildman–Crippen MR) is 103 cm³/mol. The van der Waals surface area contributed by atoms with Gasteiger partial charge in [-0.25, -0.2) is 9.79 Å². The Balaban J connectivity index is 2.48. The second kappa shape index (κ2) is 13.4. The van der Waals surface area contributed by atoms with Gasteiger partial charge in [-0.05, 0) is 6.42 Å². The second-order valence-corrected chi connectivity index (χ2v) is 7.42. The van der Waals surface area contributed by atoms with E-state index in [1.165, 1.54) is 32.1 Å². The maximum atomic E-state index is 12.7. The van der Waals surface area contributed by atoms with Crippen LogP contribution in [-0.2, 0) is 19.1 Å². The first-order valence-electron chi connectivity index (χ1n) is 10.3. The van der Waals surface area contributed by atoms with E-state index in [0.717, 1.165) is 19.3 Å². The van der Waals surface area contributed by atoms with Gasteiger partial charge >= 0.3 is 5.97 Å². The van der Waals surface area contributed by atoms with Gasteiger partial charge in [0.2, 0.25) is 5.78 Å². The fourth-order valence-corrected chi connectivity index (χ4v) is 3.58. The number of amidine groups is 1. The Morgan fingerprint density at radius 1 is 1.11 bits per heavy atom. The van der Waals surface area contributed by atoms with Crippen LogP contribution in [0.5, 0.6) is 0 Å². The predicted octanol–water partition coefficient (Wildman–Crippen LogP) is 1.17. The van der Waals surface area contributed by atoms with Gasteiger partial charge in [-0.3, -0.25) is 9.28 Å². The van der Waals surface area contributed by atoms with Crippen molar-refractivity contribution in [3.63, 3.8) is 0 Å². The molecule has 160 valence electrons. The minimum atomic E-state index is -1.26. The highest BCUT2D eigenvalue weighted by molar-refractivity contribution is 6.36. The quantitative estimate of drug-likeness (QED) is 0.290. The number of Topliss-reactive ketones (excluding diaryl/α,β-unsaturated/α-hetero) is 1. The Hall–Kier alpha value is -1.80. The summed E-state index contributed by atoms with van der Waals surface area (Å²) in [7, 11) is 0. The number of quaternary nitrogens is 1. The van der Waals surface area contributed by atoms with Crippen molar-refractivity contribution in [2.75, 3.05) is 39.4 Å². The fraction of sp³-hybridized carbons (Fsp3) is 0.800. The van der Waals surface area contributed by atoms with Crippen molar-refractivity contribution in [1.82, 2.24) is 0 Å². The summed E-state index contributed by atoms with van der Waals surface area (Å²) in [5.41, 5.74) is 0. The highest BCUT2D eigenvalue weighted by Crippen LogP contribution is 2.18. The van der Waals surface area contributed by atoms with E-state index in [9.17, 15) is 19.5 Å². The minimum Gasteiger partial charge on any atom is -0.544 e. The summed E-state index contributed by atoms with van der Waals surface area (Å²) in [6.07, 6.45) is 9.38. The summed E-state index contributed by atoms with van der Waals surface area (Å²) >= 11 is 0. The van der Waals surface area contributed by atoms with Crippen LogP contribution >= 0.6 is 0 Å². The summed E-state index contributed by atoms with van der Waals surface area (Å²) in [6.45, 7) is 2.40. The molecular weight excluding hydrogens is 364 g/mol. The number of ether oxygens (including phenoxy) is 1. The van der Waals surface area contributed by atoms with E-state index in [4.69, 9.17) is 9.84 Å². The van der Waals surface area contributed by atoms with E-state index in [-0.39, 0.29) is 35.8 Å². The molecule has 0 saturated carbocycles. The van der Waals surface area contributed by atoms with Gasteiger partial charge < -0.3 is 19.7 Å². The topological polar surface area (TPSA) is 116 Å². The van der Waals surface area contributed by atoms with Crippen LogP contribution in [0.25, 0.3) is 0 Å². The summed E-state index contributed by atoms with van der Waals surface area (Å²) in [5, 5.41) is 19.9. The zero-order valence-electron chi connectivity index (χ0n) is 17.0. The molecule has 1 aliphatic rings. The molecule has 0 radical (unpaired) electrons. The van der Waals surface area contributed by atoms with Crippen LogP contribution in [0.1, 0.15) is 64.7 Å². The van der Waals surface area contributed by atoms with Crippen LogP contribution in [0, 0.1) is 0 Å². The molecule has 0 aliphatic carbocycles. The van der Waals surface area contributed by atoms with Crippen LogP contribution in [-0.4, -0.2) is 72.5 Å². The molecule has 0 aromatic carbocycles. The molecule has 0 fully saturated rings. The van der Waals surface area contributed by atoms with Crippen LogP contribution in [0.4, 0.5) is 0 Å². The van der Waals surface area contributed by atoms with Gasteiger partial charge in [0.15, 0.2) is 0 Å². The molecule has 0 spiro atoms. The third-order valence-electron chi connectivity index (χ3n) is 5.07. The molecule has 1 atom stereocenters. The van der Waals surface area contributed by atoms with Crippen molar-refractivity contribution in [1.29, 1.82) is 0 Å². The lowest BCUT2D eigenvalue weighted by atomic mass is 10.1. The number of carbonyl (C=O) groups excluding carboxylic acids is 2. The lowest BCUT2D eigenvalue weighted by Gasteiger charge is -2.34. The number of carboxylic acid groups (broad SMARTS) is 2. The fourth-order valence-electron chi connectivity index (χ4n) is 3.58. The molecule has 8 nitrogen and oxygen atoms in total. The van der Waals surface area contributed by atoms with Crippen LogP contribution < -0.4 is 5.11 Å². The van der Waals surface area contributed by atoms with Crippen molar-refractivity contribution in [3.8, 4) is 0 Å². The first-order chi connectivity index (χ1) is 13.4. The minimum absolute atomic E-state index is 0.0453. The van der Waals surface area contributed by atoms with Gasteiger partial charge in [-0.15, -0.1) is 0 Å². The number of nitrogens with zero attached hydrogens (tertiary/aromatic N) is 2. The highest BCUT2D eigenvalue weighted by atomic mass is 16.5. The Morgan fingerprint density at radius 2 is 1.75 bits per heavy atom. The SMILES string of the molecule is CCCCCCCCCCC(=O)C1=NCC[N+]1(CCOCC(=O)O)CC(=O)[O-]. The van der Waals surface area contributed by atoms with Crippen LogP contribution in [0.2, 0.25) is 0 Å².